The van der Waals surface area contributed by atoms with Gasteiger partial charge < -0.3 is 4.74 Å². The summed E-state index contributed by atoms with van der Waals surface area (Å²) in [4.78, 5) is 0. The van der Waals surface area contributed by atoms with Gasteiger partial charge in [-0.1, -0.05) is 30.3 Å². The van der Waals surface area contributed by atoms with Crippen molar-refractivity contribution >= 4 is 0 Å². The van der Waals surface area contributed by atoms with Crippen LogP contribution in [-0.4, -0.2) is 0 Å². The number of ether oxygens (including phenoxy) is 1. The number of benzene rings is 1. The van der Waals surface area contributed by atoms with Crippen molar-refractivity contribution < 1.29 is 9.30 Å². The molecule has 0 aliphatic heterocycles. The first-order chi connectivity index (χ1) is 8.66. The van der Waals surface area contributed by atoms with Gasteiger partial charge in [0.25, 0.3) is 6.73 Å². The lowest BCUT2D eigenvalue weighted by Crippen LogP contribution is -2.35. The molecule has 2 heteroatoms. The van der Waals surface area contributed by atoms with Crippen LogP contribution in [0.1, 0.15) is 22.3 Å². The number of rotatable bonds is 4. The zero-order chi connectivity index (χ0) is 13.0. The van der Waals surface area contributed by atoms with Gasteiger partial charge >= 0.3 is 0 Å². The molecule has 1 aromatic carbocycles. The largest absolute Gasteiger partial charge is 0.318 e. The number of pyridine rings is 1. The van der Waals surface area contributed by atoms with Crippen LogP contribution < -0.4 is 4.57 Å². The molecule has 0 saturated carbocycles. The third-order valence-electron chi connectivity index (χ3n) is 3.25. The molecule has 2 rings (SSSR count). The monoisotopic (exact) mass is 242 g/mol. The van der Waals surface area contributed by atoms with Crippen molar-refractivity contribution in [3.05, 3.63) is 65.0 Å². The zero-order valence-electron chi connectivity index (χ0n) is 11.3. The number of nitrogens with zero attached hydrogens (tertiary/aromatic N) is 1. The quantitative estimate of drug-likeness (QED) is 0.751. The summed E-state index contributed by atoms with van der Waals surface area (Å²) in [5, 5.41) is 0. The molecule has 0 bridgehead atoms. The first kappa shape index (κ1) is 12.8. The molecule has 94 valence electrons. The van der Waals surface area contributed by atoms with Gasteiger partial charge in [0.1, 0.15) is 0 Å². The SMILES string of the molecule is Cc1c[n+](COCc2ccccc2)cc(C)c1C. The molecule has 18 heavy (non-hydrogen) atoms. The van der Waals surface area contributed by atoms with Gasteiger partial charge in [-0.2, -0.15) is 4.57 Å². The minimum atomic E-state index is 0.594. The van der Waals surface area contributed by atoms with E-state index in [2.05, 4.69) is 49.9 Å². The molecule has 0 saturated heterocycles. The predicted octanol–water partition coefficient (Wildman–Crippen LogP) is 3.07. The van der Waals surface area contributed by atoms with Crippen molar-refractivity contribution in [1.29, 1.82) is 0 Å². The Morgan fingerprint density at radius 1 is 0.944 bits per heavy atom. The minimum absolute atomic E-state index is 0.594. The standard InChI is InChI=1S/C16H20NO/c1-13-9-17(10-14(2)15(13)3)12-18-11-16-7-5-4-6-8-16/h4-10H,11-12H2,1-3H3/q+1. The van der Waals surface area contributed by atoms with Crippen LogP contribution >= 0.6 is 0 Å². The van der Waals surface area contributed by atoms with Crippen molar-refractivity contribution in [3.63, 3.8) is 0 Å². The third kappa shape index (κ3) is 3.17. The van der Waals surface area contributed by atoms with E-state index in [1.54, 1.807) is 0 Å². The maximum atomic E-state index is 5.72. The summed E-state index contributed by atoms with van der Waals surface area (Å²) in [7, 11) is 0. The van der Waals surface area contributed by atoms with E-state index in [4.69, 9.17) is 4.74 Å². The van der Waals surface area contributed by atoms with E-state index in [9.17, 15) is 0 Å². The summed E-state index contributed by atoms with van der Waals surface area (Å²) in [6.07, 6.45) is 4.26. The highest BCUT2D eigenvalue weighted by Gasteiger charge is 2.07. The van der Waals surface area contributed by atoms with E-state index in [1.807, 2.05) is 18.2 Å². The molecule has 1 heterocycles. The van der Waals surface area contributed by atoms with Crippen LogP contribution in [0.2, 0.25) is 0 Å². The van der Waals surface area contributed by atoms with E-state index in [0.29, 0.717) is 13.3 Å². The molecule has 0 atom stereocenters. The zero-order valence-corrected chi connectivity index (χ0v) is 11.3. The number of hydrogen-bond acceptors (Lipinski definition) is 1. The van der Waals surface area contributed by atoms with Crippen LogP contribution in [0.5, 0.6) is 0 Å². The maximum absolute atomic E-state index is 5.72. The van der Waals surface area contributed by atoms with Crippen LogP contribution in [0.25, 0.3) is 0 Å². The van der Waals surface area contributed by atoms with Gasteiger partial charge in [-0.25, -0.2) is 0 Å². The molecule has 0 spiro atoms. The fourth-order valence-corrected chi connectivity index (χ4v) is 1.96. The molecule has 0 N–H and O–H groups in total. The van der Waals surface area contributed by atoms with Gasteiger partial charge in [-0.3, -0.25) is 0 Å². The fourth-order valence-electron chi connectivity index (χ4n) is 1.96. The van der Waals surface area contributed by atoms with E-state index in [0.717, 1.165) is 0 Å². The molecule has 0 aliphatic carbocycles. The fraction of sp³-hybridized carbons (Fsp3) is 0.312. The Kier molecular flexibility index (Phi) is 4.11. The van der Waals surface area contributed by atoms with E-state index >= 15 is 0 Å². The van der Waals surface area contributed by atoms with Gasteiger partial charge in [0.15, 0.2) is 12.4 Å². The molecular formula is C16H20NO+. The summed E-state index contributed by atoms with van der Waals surface area (Å²) in [5.41, 5.74) is 5.17. The Hall–Kier alpha value is -1.67. The molecule has 0 unspecified atom stereocenters. The second-order valence-electron chi connectivity index (χ2n) is 4.73. The van der Waals surface area contributed by atoms with E-state index < -0.39 is 0 Å². The second-order valence-corrected chi connectivity index (χ2v) is 4.73. The van der Waals surface area contributed by atoms with Crippen molar-refractivity contribution in [2.45, 2.75) is 34.1 Å². The summed E-state index contributed by atoms with van der Waals surface area (Å²) in [5.74, 6) is 0. The molecule has 0 radical (unpaired) electrons. The Morgan fingerprint density at radius 2 is 1.56 bits per heavy atom. The Morgan fingerprint density at radius 3 is 2.17 bits per heavy atom. The van der Waals surface area contributed by atoms with E-state index in [-0.39, 0.29) is 0 Å². The summed E-state index contributed by atoms with van der Waals surface area (Å²) < 4.78 is 7.82. The second kappa shape index (κ2) is 5.78. The third-order valence-corrected chi connectivity index (χ3v) is 3.25. The molecule has 0 aliphatic rings. The summed E-state index contributed by atoms with van der Waals surface area (Å²) in [6, 6.07) is 10.2. The Balaban J connectivity index is 1.95. The smallest absolute Gasteiger partial charge is 0.252 e. The molecule has 1 aromatic heterocycles. The Labute approximate surface area is 109 Å². The predicted molar refractivity (Wildman–Crippen MR) is 72.1 cm³/mol. The highest BCUT2D eigenvalue weighted by molar-refractivity contribution is 5.25. The maximum Gasteiger partial charge on any atom is 0.252 e. The van der Waals surface area contributed by atoms with Crippen LogP contribution in [0.15, 0.2) is 42.7 Å². The van der Waals surface area contributed by atoms with E-state index in [1.165, 1.54) is 22.3 Å². The van der Waals surface area contributed by atoms with Crippen molar-refractivity contribution in [2.75, 3.05) is 0 Å². The topological polar surface area (TPSA) is 13.1 Å². The normalized spacial score (nSPS) is 10.6. The van der Waals surface area contributed by atoms with Crippen molar-refractivity contribution in [1.82, 2.24) is 0 Å². The molecular weight excluding hydrogens is 222 g/mol. The molecule has 0 amide bonds. The first-order valence-corrected chi connectivity index (χ1v) is 6.25. The molecule has 2 nitrogen and oxygen atoms in total. The highest BCUT2D eigenvalue weighted by atomic mass is 16.5. The minimum Gasteiger partial charge on any atom is -0.318 e. The number of aromatic nitrogens is 1. The molecule has 2 aromatic rings. The number of hydrogen-bond donors (Lipinski definition) is 0. The summed E-state index contributed by atoms with van der Waals surface area (Å²) in [6.45, 7) is 7.67. The van der Waals surface area contributed by atoms with Crippen molar-refractivity contribution in [2.24, 2.45) is 0 Å². The van der Waals surface area contributed by atoms with Crippen LogP contribution in [0, 0.1) is 20.8 Å². The lowest BCUT2D eigenvalue weighted by atomic mass is 10.1. The Bertz CT molecular complexity index is 497. The van der Waals surface area contributed by atoms with Gasteiger partial charge in [0.2, 0.25) is 0 Å². The number of aryl methyl sites for hydroxylation is 2. The van der Waals surface area contributed by atoms with Crippen LogP contribution in [0.3, 0.4) is 0 Å². The van der Waals surface area contributed by atoms with Gasteiger partial charge in [0.05, 0.1) is 6.61 Å². The van der Waals surface area contributed by atoms with Gasteiger partial charge in [-0.05, 0) is 31.9 Å². The first-order valence-electron chi connectivity index (χ1n) is 6.25. The van der Waals surface area contributed by atoms with Crippen LogP contribution in [-0.2, 0) is 18.1 Å². The van der Waals surface area contributed by atoms with Crippen molar-refractivity contribution in [3.8, 4) is 0 Å². The lowest BCUT2D eigenvalue weighted by molar-refractivity contribution is -0.734. The lowest BCUT2D eigenvalue weighted by Gasteiger charge is -2.05. The molecule has 0 fully saturated rings. The van der Waals surface area contributed by atoms with Gasteiger partial charge in [0, 0.05) is 11.1 Å². The summed E-state index contributed by atoms with van der Waals surface area (Å²) >= 11 is 0. The average molecular weight is 242 g/mol. The van der Waals surface area contributed by atoms with Crippen LogP contribution in [0.4, 0.5) is 0 Å². The average Bonchev–Trinajstić information content (AvgIpc) is 2.37. The van der Waals surface area contributed by atoms with Gasteiger partial charge in [-0.15, -0.1) is 0 Å². The highest BCUT2D eigenvalue weighted by Crippen LogP contribution is 2.08.